The van der Waals surface area contributed by atoms with Crippen molar-refractivity contribution in [3.63, 3.8) is 0 Å². The zero-order valence-corrected chi connectivity index (χ0v) is 16.1. The Hall–Kier alpha value is -3.00. The Labute approximate surface area is 170 Å². The van der Waals surface area contributed by atoms with Crippen LogP contribution in [0.3, 0.4) is 0 Å². The number of halogens is 1. The zero-order valence-electron chi connectivity index (χ0n) is 16.1. The standard InChI is InChI=1S/C25H22FNO2/c26-23-10-8-22(9-11-23)25(13-4-14-28-17-19-5-2-1-3-6-19)24-12-7-20(16-27)15-21(24)18-29-25/h1-3,5-12,15H,4,13-14,17-18H2. The molecule has 4 heteroatoms. The molecule has 3 aromatic carbocycles. The summed E-state index contributed by atoms with van der Waals surface area (Å²) in [6.07, 6.45) is 1.51. The van der Waals surface area contributed by atoms with Gasteiger partial charge >= 0.3 is 0 Å². The summed E-state index contributed by atoms with van der Waals surface area (Å²) in [5.41, 5.74) is 4.10. The van der Waals surface area contributed by atoms with E-state index in [1.54, 1.807) is 12.1 Å². The molecule has 0 bridgehead atoms. The van der Waals surface area contributed by atoms with Crippen molar-refractivity contribution in [2.75, 3.05) is 6.61 Å². The second-order valence-electron chi connectivity index (χ2n) is 7.25. The number of benzene rings is 3. The summed E-state index contributed by atoms with van der Waals surface area (Å²) in [5.74, 6) is -0.270. The molecule has 0 amide bonds. The van der Waals surface area contributed by atoms with Crippen LogP contribution in [0.5, 0.6) is 0 Å². The van der Waals surface area contributed by atoms with Crippen LogP contribution in [0, 0.1) is 17.1 Å². The van der Waals surface area contributed by atoms with Crippen molar-refractivity contribution >= 4 is 0 Å². The lowest BCUT2D eigenvalue weighted by Gasteiger charge is -2.30. The first kappa shape index (κ1) is 19.3. The Morgan fingerprint density at radius 3 is 2.59 bits per heavy atom. The smallest absolute Gasteiger partial charge is 0.123 e. The van der Waals surface area contributed by atoms with Gasteiger partial charge in [0.15, 0.2) is 0 Å². The molecule has 3 nitrogen and oxygen atoms in total. The molecule has 146 valence electrons. The highest BCUT2D eigenvalue weighted by atomic mass is 19.1. The van der Waals surface area contributed by atoms with Crippen LogP contribution in [-0.2, 0) is 28.3 Å². The molecule has 0 spiro atoms. The van der Waals surface area contributed by atoms with Gasteiger partial charge in [-0.2, -0.15) is 5.26 Å². The summed E-state index contributed by atoms with van der Waals surface area (Å²) in [6.45, 7) is 1.62. The quantitative estimate of drug-likeness (QED) is 0.505. The highest BCUT2D eigenvalue weighted by molar-refractivity contribution is 5.47. The van der Waals surface area contributed by atoms with Crippen LogP contribution >= 0.6 is 0 Å². The van der Waals surface area contributed by atoms with E-state index in [1.165, 1.54) is 12.1 Å². The second kappa shape index (κ2) is 8.57. The van der Waals surface area contributed by atoms with Gasteiger partial charge in [-0.15, -0.1) is 0 Å². The summed E-state index contributed by atoms with van der Waals surface area (Å²) in [7, 11) is 0. The van der Waals surface area contributed by atoms with Crippen LogP contribution in [0.1, 0.15) is 40.7 Å². The summed E-state index contributed by atoms with van der Waals surface area (Å²) < 4.78 is 25.7. The molecule has 1 unspecified atom stereocenters. The number of fused-ring (bicyclic) bond motifs is 1. The highest BCUT2D eigenvalue weighted by Gasteiger charge is 2.41. The van der Waals surface area contributed by atoms with E-state index in [2.05, 4.69) is 6.07 Å². The normalized spacial score (nSPS) is 17.7. The first-order valence-corrected chi connectivity index (χ1v) is 9.76. The summed E-state index contributed by atoms with van der Waals surface area (Å²) in [6, 6.07) is 24.4. The van der Waals surface area contributed by atoms with Gasteiger partial charge in [-0.1, -0.05) is 48.5 Å². The second-order valence-corrected chi connectivity index (χ2v) is 7.25. The Bertz CT molecular complexity index is 1010. The molecule has 0 fully saturated rings. The fourth-order valence-electron chi connectivity index (χ4n) is 3.95. The molecular formula is C25H22FNO2. The maximum Gasteiger partial charge on any atom is 0.123 e. The largest absolute Gasteiger partial charge is 0.377 e. The lowest BCUT2D eigenvalue weighted by molar-refractivity contribution is -0.0191. The Kier molecular flexibility index (Phi) is 5.71. The molecule has 1 aliphatic heterocycles. The van der Waals surface area contributed by atoms with Gasteiger partial charge in [0.1, 0.15) is 11.4 Å². The topological polar surface area (TPSA) is 42.2 Å². The SMILES string of the molecule is N#Cc1ccc2c(c1)COC2(CCCOCc1ccccc1)c1ccc(F)cc1. The van der Waals surface area contributed by atoms with E-state index in [4.69, 9.17) is 9.47 Å². The summed E-state index contributed by atoms with van der Waals surface area (Å²) >= 11 is 0. The average Bonchev–Trinajstić information content (AvgIpc) is 3.13. The number of ether oxygens (including phenoxy) is 2. The lowest BCUT2D eigenvalue weighted by Crippen LogP contribution is -2.27. The third-order valence-electron chi connectivity index (χ3n) is 5.38. The van der Waals surface area contributed by atoms with E-state index in [-0.39, 0.29) is 5.82 Å². The third-order valence-corrected chi connectivity index (χ3v) is 5.38. The van der Waals surface area contributed by atoms with Crippen LogP contribution in [0.15, 0.2) is 72.8 Å². The van der Waals surface area contributed by atoms with E-state index in [9.17, 15) is 9.65 Å². The molecule has 0 saturated heterocycles. The van der Waals surface area contributed by atoms with E-state index in [1.807, 2.05) is 48.5 Å². The number of rotatable bonds is 7. The van der Waals surface area contributed by atoms with Gasteiger partial charge in [0, 0.05) is 6.61 Å². The maximum absolute atomic E-state index is 13.5. The van der Waals surface area contributed by atoms with E-state index < -0.39 is 5.60 Å². The highest BCUT2D eigenvalue weighted by Crippen LogP contribution is 2.45. The third kappa shape index (κ3) is 4.07. The van der Waals surface area contributed by atoms with Gasteiger partial charge in [0.2, 0.25) is 0 Å². The predicted molar refractivity (Wildman–Crippen MR) is 108 cm³/mol. The molecule has 0 aromatic heterocycles. The van der Waals surface area contributed by atoms with Gasteiger partial charge in [-0.05, 0) is 59.4 Å². The van der Waals surface area contributed by atoms with Crippen molar-refractivity contribution in [1.29, 1.82) is 5.26 Å². The van der Waals surface area contributed by atoms with Gasteiger partial charge in [0.05, 0.1) is 24.8 Å². The fourth-order valence-corrected chi connectivity index (χ4v) is 3.95. The van der Waals surface area contributed by atoms with E-state index in [0.29, 0.717) is 31.8 Å². The van der Waals surface area contributed by atoms with Crippen LogP contribution in [0.2, 0.25) is 0 Å². The number of nitrogens with zero attached hydrogens (tertiary/aromatic N) is 1. The number of hydrogen-bond acceptors (Lipinski definition) is 3. The molecule has 0 aliphatic carbocycles. The molecule has 0 N–H and O–H groups in total. The van der Waals surface area contributed by atoms with Gasteiger partial charge < -0.3 is 9.47 Å². The maximum atomic E-state index is 13.5. The van der Waals surface area contributed by atoms with Crippen LogP contribution in [-0.4, -0.2) is 6.61 Å². The van der Waals surface area contributed by atoms with Crippen LogP contribution in [0.4, 0.5) is 4.39 Å². The zero-order chi connectivity index (χ0) is 20.1. The van der Waals surface area contributed by atoms with Crippen molar-refractivity contribution in [3.05, 3.63) is 106 Å². The lowest BCUT2D eigenvalue weighted by atomic mass is 9.81. The van der Waals surface area contributed by atoms with E-state index >= 15 is 0 Å². The van der Waals surface area contributed by atoms with Crippen LogP contribution < -0.4 is 0 Å². The summed E-state index contributed by atoms with van der Waals surface area (Å²) in [5, 5.41) is 9.19. The predicted octanol–water partition coefficient (Wildman–Crippen LogP) is 5.47. The monoisotopic (exact) mass is 387 g/mol. The van der Waals surface area contributed by atoms with Gasteiger partial charge in [-0.3, -0.25) is 0 Å². The first-order valence-electron chi connectivity index (χ1n) is 9.76. The molecular weight excluding hydrogens is 365 g/mol. The number of hydrogen-bond donors (Lipinski definition) is 0. The minimum atomic E-state index is -0.646. The van der Waals surface area contributed by atoms with Gasteiger partial charge in [0.25, 0.3) is 0 Å². The molecule has 4 rings (SSSR count). The van der Waals surface area contributed by atoms with Crippen molar-refractivity contribution in [1.82, 2.24) is 0 Å². The van der Waals surface area contributed by atoms with Crippen molar-refractivity contribution in [2.45, 2.75) is 31.7 Å². The Morgan fingerprint density at radius 1 is 1.03 bits per heavy atom. The molecule has 3 aromatic rings. The minimum Gasteiger partial charge on any atom is -0.377 e. The van der Waals surface area contributed by atoms with Crippen molar-refractivity contribution < 1.29 is 13.9 Å². The average molecular weight is 387 g/mol. The molecule has 0 radical (unpaired) electrons. The Balaban J connectivity index is 1.52. The number of nitriles is 1. The summed E-state index contributed by atoms with van der Waals surface area (Å²) in [4.78, 5) is 0. The Morgan fingerprint density at radius 2 is 1.83 bits per heavy atom. The minimum absolute atomic E-state index is 0.270. The molecule has 1 heterocycles. The van der Waals surface area contributed by atoms with Crippen molar-refractivity contribution in [3.8, 4) is 6.07 Å². The van der Waals surface area contributed by atoms with Crippen LogP contribution in [0.25, 0.3) is 0 Å². The van der Waals surface area contributed by atoms with E-state index in [0.717, 1.165) is 28.7 Å². The first-order chi connectivity index (χ1) is 14.2. The van der Waals surface area contributed by atoms with Crippen molar-refractivity contribution in [2.24, 2.45) is 0 Å². The molecule has 0 saturated carbocycles. The fraction of sp³-hybridized carbons (Fsp3) is 0.240. The van der Waals surface area contributed by atoms with Gasteiger partial charge in [-0.25, -0.2) is 4.39 Å². The molecule has 29 heavy (non-hydrogen) atoms. The molecule has 1 aliphatic rings. The molecule has 1 atom stereocenters.